The Balaban J connectivity index is 1.42. The van der Waals surface area contributed by atoms with Gasteiger partial charge in [0.15, 0.2) is 11.5 Å². The molecule has 3 aromatic rings. The first-order valence-corrected chi connectivity index (χ1v) is 9.62. The molecule has 0 radical (unpaired) electrons. The molecule has 2 heterocycles. The Labute approximate surface area is 164 Å². The fourth-order valence-corrected chi connectivity index (χ4v) is 4.23. The summed E-state index contributed by atoms with van der Waals surface area (Å²) in [6.07, 6.45) is 3.99. The van der Waals surface area contributed by atoms with E-state index in [1.54, 1.807) is 7.11 Å². The Hall–Kier alpha value is -3.21. The number of rotatable bonds is 4. The van der Waals surface area contributed by atoms with Gasteiger partial charge in [-0.3, -0.25) is 0 Å². The highest BCUT2D eigenvalue weighted by atomic mass is 16.5. The summed E-state index contributed by atoms with van der Waals surface area (Å²) in [6.45, 7) is 1.64. The van der Waals surface area contributed by atoms with E-state index in [9.17, 15) is 0 Å². The molecule has 0 amide bonds. The van der Waals surface area contributed by atoms with Crippen LogP contribution in [0.15, 0.2) is 54.7 Å². The van der Waals surface area contributed by atoms with E-state index in [1.165, 1.54) is 22.3 Å². The van der Waals surface area contributed by atoms with Gasteiger partial charge in [0.1, 0.15) is 11.9 Å². The second-order valence-electron chi connectivity index (χ2n) is 7.41. The summed E-state index contributed by atoms with van der Waals surface area (Å²) >= 11 is 0. The Kier molecular flexibility index (Phi) is 4.08. The lowest BCUT2D eigenvalue weighted by Crippen LogP contribution is -2.15. The second-order valence-corrected chi connectivity index (χ2v) is 7.41. The van der Waals surface area contributed by atoms with Gasteiger partial charge in [-0.2, -0.15) is 0 Å². The maximum atomic E-state index is 6.44. The molecule has 0 spiro atoms. The number of methoxy groups -OCH3 is 1. The molecule has 1 atom stereocenters. The van der Waals surface area contributed by atoms with Crippen molar-refractivity contribution in [1.29, 1.82) is 0 Å². The van der Waals surface area contributed by atoms with E-state index in [-0.39, 0.29) is 6.10 Å². The zero-order valence-corrected chi connectivity index (χ0v) is 15.9. The van der Waals surface area contributed by atoms with Crippen molar-refractivity contribution in [2.24, 2.45) is 0 Å². The van der Waals surface area contributed by atoms with Gasteiger partial charge in [0.2, 0.25) is 0 Å². The van der Waals surface area contributed by atoms with Crippen LogP contribution in [0.2, 0.25) is 0 Å². The Morgan fingerprint density at radius 1 is 1.00 bits per heavy atom. The molecule has 0 saturated heterocycles. The normalized spacial score (nSPS) is 17.3. The summed E-state index contributed by atoms with van der Waals surface area (Å²) in [5.41, 5.74) is 12.1. The van der Waals surface area contributed by atoms with E-state index < -0.39 is 0 Å². The Morgan fingerprint density at radius 3 is 2.75 bits per heavy atom. The van der Waals surface area contributed by atoms with Crippen molar-refractivity contribution < 1.29 is 9.47 Å². The van der Waals surface area contributed by atoms with Crippen molar-refractivity contribution in [1.82, 2.24) is 4.98 Å². The van der Waals surface area contributed by atoms with Crippen LogP contribution in [0.1, 0.15) is 34.8 Å². The molecule has 0 fully saturated rings. The van der Waals surface area contributed by atoms with Gasteiger partial charge >= 0.3 is 0 Å². The van der Waals surface area contributed by atoms with Crippen LogP contribution < -0.4 is 20.1 Å². The quantitative estimate of drug-likeness (QED) is 0.740. The number of benzene rings is 2. The van der Waals surface area contributed by atoms with Crippen molar-refractivity contribution in [3.8, 4) is 11.5 Å². The molecule has 2 N–H and O–H groups in total. The number of hydrogen-bond donors (Lipinski definition) is 1. The SMILES string of the molecule is COc1ccc(N2Cc3cnc(N)cc3C2)cc1OC1CCc2ccccc21. The zero-order valence-electron chi connectivity index (χ0n) is 15.9. The molecular weight excluding hydrogens is 350 g/mol. The summed E-state index contributed by atoms with van der Waals surface area (Å²) in [6, 6.07) is 16.6. The standard InChI is InChI=1S/C23H23N3O2/c1-27-21-9-7-18(26-13-16-10-23(24)25-12-17(16)14-26)11-22(21)28-20-8-6-15-4-2-3-5-19(15)20/h2-5,7,9-12,20H,6,8,13-14H2,1H3,(H2,24,25). The van der Waals surface area contributed by atoms with E-state index in [2.05, 4.69) is 46.3 Å². The first kappa shape index (κ1) is 16.9. The lowest BCUT2D eigenvalue weighted by atomic mass is 10.1. The number of anilines is 2. The smallest absolute Gasteiger partial charge is 0.164 e. The molecule has 1 unspecified atom stereocenters. The molecule has 1 aliphatic carbocycles. The molecule has 1 aliphatic heterocycles. The summed E-state index contributed by atoms with van der Waals surface area (Å²) in [4.78, 5) is 6.53. The lowest BCUT2D eigenvalue weighted by Gasteiger charge is -2.22. The lowest BCUT2D eigenvalue weighted by molar-refractivity contribution is 0.198. The molecule has 0 saturated carbocycles. The highest BCUT2D eigenvalue weighted by Crippen LogP contribution is 2.40. The maximum Gasteiger partial charge on any atom is 0.164 e. The molecule has 0 bridgehead atoms. The molecule has 28 heavy (non-hydrogen) atoms. The van der Waals surface area contributed by atoms with Crippen molar-refractivity contribution in [3.05, 3.63) is 77.0 Å². The number of ether oxygens (including phenoxy) is 2. The van der Waals surface area contributed by atoms with Crippen LogP contribution in [-0.2, 0) is 19.5 Å². The van der Waals surface area contributed by atoms with Gasteiger partial charge in [-0.1, -0.05) is 24.3 Å². The molecule has 1 aromatic heterocycles. The van der Waals surface area contributed by atoms with Crippen molar-refractivity contribution in [2.75, 3.05) is 17.7 Å². The molecule has 142 valence electrons. The molecule has 2 aliphatic rings. The van der Waals surface area contributed by atoms with Crippen LogP contribution in [-0.4, -0.2) is 12.1 Å². The van der Waals surface area contributed by atoms with Crippen molar-refractivity contribution in [2.45, 2.75) is 32.0 Å². The second kappa shape index (κ2) is 6.75. The molecule has 5 rings (SSSR count). The highest BCUT2D eigenvalue weighted by molar-refractivity contribution is 5.59. The third-order valence-electron chi connectivity index (χ3n) is 5.69. The summed E-state index contributed by atoms with van der Waals surface area (Å²) in [5, 5.41) is 0. The average molecular weight is 373 g/mol. The fraction of sp³-hybridized carbons (Fsp3) is 0.261. The highest BCUT2D eigenvalue weighted by Gasteiger charge is 2.26. The van der Waals surface area contributed by atoms with Gasteiger partial charge in [-0.25, -0.2) is 4.98 Å². The minimum Gasteiger partial charge on any atom is -0.493 e. The Bertz CT molecular complexity index is 1030. The van der Waals surface area contributed by atoms with Gasteiger partial charge in [-0.05, 0) is 53.3 Å². The molecule has 5 heteroatoms. The van der Waals surface area contributed by atoms with Gasteiger partial charge < -0.3 is 20.1 Å². The average Bonchev–Trinajstić information content (AvgIpc) is 3.32. The number of nitrogen functional groups attached to an aromatic ring is 1. The number of pyridine rings is 1. The van der Waals surface area contributed by atoms with E-state index in [4.69, 9.17) is 15.2 Å². The molecular formula is C23H23N3O2. The van der Waals surface area contributed by atoms with Crippen LogP contribution in [0.3, 0.4) is 0 Å². The Morgan fingerprint density at radius 2 is 1.86 bits per heavy atom. The largest absolute Gasteiger partial charge is 0.493 e. The summed E-state index contributed by atoms with van der Waals surface area (Å²) < 4.78 is 12.0. The minimum atomic E-state index is 0.0696. The monoisotopic (exact) mass is 373 g/mol. The number of nitrogens with zero attached hydrogens (tertiary/aromatic N) is 2. The van der Waals surface area contributed by atoms with Crippen molar-refractivity contribution >= 4 is 11.5 Å². The predicted octanol–water partition coefficient (Wildman–Crippen LogP) is 4.26. The summed E-state index contributed by atoms with van der Waals surface area (Å²) in [7, 11) is 1.69. The number of nitrogens with two attached hydrogens (primary N) is 1. The predicted molar refractivity (Wildman–Crippen MR) is 110 cm³/mol. The number of aromatic nitrogens is 1. The maximum absolute atomic E-state index is 6.44. The molecule has 5 nitrogen and oxygen atoms in total. The van der Waals surface area contributed by atoms with Crippen LogP contribution >= 0.6 is 0 Å². The van der Waals surface area contributed by atoms with Crippen LogP contribution in [0.4, 0.5) is 11.5 Å². The number of hydrogen-bond acceptors (Lipinski definition) is 5. The van der Waals surface area contributed by atoms with Gasteiger partial charge in [0.25, 0.3) is 0 Å². The zero-order chi connectivity index (χ0) is 19.1. The third-order valence-corrected chi connectivity index (χ3v) is 5.69. The van der Waals surface area contributed by atoms with E-state index in [1.807, 2.05) is 18.3 Å². The fourth-order valence-electron chi connectivity index (χ4n) is 4.23. The minimum absolute atomic E-state index is 0.0696. The van der Waals surface area contributed by atoms with Gasteiger partial charge in [0, 0.05) is 31.0 Å². The van der Waals surface area contributed by atoms with Crippen LogP contribution in [0.25, 0.3) is 0 Å². The molecule has 2 aromatic carbocycles. The van der Waals surface area contributed by atoms with Crippen LogP contribution in [0.5, 0.6) is 11.5 Å². The topological polar surface area (TPSA) is 60.6 Å². The number of fused-ring (bicyclic) bond motifs is 2. The van der Waals surface area contributed by atoms with E-state index in [0.717, 1.165) is 43.1 Å². The number of aryl methyl sites for hydroxylation is 1. The van der Waals surface area contributed by atoms with Crippen LogP contribution in [0, 0.1) is 0 Å². The van der Waals surface area contributed by atoms with E-state index in [0.29, 0.717) is 5.82 Å². The van der Waals surface area contributed by atoms with Crippen molar-refractivity contribution in [3.63, 3.8) is 0 Å². The first-order valence-electron chi connectivity index (χ1n) is 9.62. The first-order chi connectivity index (χ1) is 13.7. The van der Waals surface area contributed by atoms with E-state index >= 15 is 0 Å². The third kappa shape index (κ3) is 2.93. The van der Waals surface area contributed by atoms with Gasteiger partial charge in [0.05, 0.1) is 7.11 Å². The summed E-state index contributed by atoms with van der Waals surface area (Å²) in [5.74, 6) is 2.12. The van der Waals surface area contributed by atoms with Gasteiger partial charge in [-0.15, -0.1) is 0 Å².